The van der Waals surface area contributed by atoms with Gasteiger partial charge in [0.2, 0.25) is 0 Å². The van der Waals surface area contributed by atoms with E-state index in [-0.39, 0.29) is 5.60 Å². The highest BCUT2D eigenvalue weighted by atomic mass is 32.2. The summed E-state index contributed by atoms with van der Waals surface area (Å²) in [4.78, 5) is 0. The van der Waals surface area contributed by atoms with Crippen molar-refractivity contribution >= 4 is 11.8 Å². The summed E-state index contributed by atoms with van der Waals surface area (Å²) in [7, 11) is 2.13. The minimum Gasteiger partial charge on any atom is -0.375 e. The summed E-state index contributed by atoms with van der Waals surface area (Å²) in [6, 6.07) is 0.698. The van der Waals surface area contributed by atoms with E-state index in [9.17, 15) is 0 Å². The average Bonchev–Trinajstić information content (AvgIpc) is 2.78. The standard InChI is InChI=1S/C14H27NOS/c1-15-13(6-10-17-2)12-5-9-16-14(11-12)7-3-4-8-14/h12-13,15H,3-11H2,1-2H3. The molecular formula is C14H27NOS. The van der Waals surface area contributed by atoms with Gasteiger partial charge in [0.15, 0.2) is 0 Å². The van der Waals surface area contributed by atoms with Crippen molar-refractivity contribution in [3.05, 3.63) is 0 Å². The molecule has 2 rings (SSSR count). The van der Waals surface area contributed by atoms with Gasteiger partial charge in [-0.3, -0.25) is 0 Å². The lowest BCUT2D eigenvalue weighted by Crippen LogP contribution is -2.45. The van der Waals surface area contributed by atoms with Crippen molar-refractivity contribution in [3.8, 4) is 0 Å². The predicted octanol–water partition coefficient (Wildman–Crippen LogP) is 3.07. The molecule has 0 aromatic heterocycles. The highest BCUT2D eigenvalue weighted by Gasteiger charge is 2.41. The fraction of sp³-hybridized carbons (Fsp3) is 1.00. The van der Waals surface area contributed by atoms with Gasteiger partial charge >= 0.3 is 0 Å². The van der Waals surface area contributed by atoms with E-state index in [4.69, 9.17) is 4.74 Å². The van der Waals surface area contributed by atoms with Crippen LogP contribution in [0.3, 0.4) is 0 Å². The van der Waals surface area contributed by atoms with E-state index in [0.29, 0.717) is 6.04 Å². The second kappa shape index (κ2) is 6.44. The molecule has 2 fully saturated rings. The van der Waals surface area contributed by atoms with Crippen LogP contribution in [-0.4, -0.2) is 37.3 Å². The second-order valence-electron chi connectivity index (χ2n) is 5.67. The first-order valence-corrected chi connectivity index (χ1v) is 8.49. The van der Waals surface area contributed by atoms with Gasteiger partial charge in [0.25, 0.3) is 0 Å². The molecule has 1 aliphatic carbocycles. The van der Waals surface area contributed by atoms with Crippen molar-refractivity contribution in [2.24, 2.45) is 5.92 Å². The zero-order valence-corrected chi connectivity index (χ0v) is 12.2. The first-order valence-electron chi connectivity index (χ1n) is 7.10. The largest absolute Gasteiger partial charge is 0.375 e. The molecule has 1 aliphatic heterocycles. The van der Waals surface area contributed by atoms with Gasteiger partial charge in [-0.05, 0) is 57.1 Å². The van der Waals surface area contributed by atoms with Crippen molar-refractivity contribution in [1.82, 2.24) is 5.32 Å². The molecule has 2 unspecified atom stereocenters. The van der Waals surface area contributed by atoms with E-state index in [0.717, 1.165) is 12.5 Å². The van der Waals surface area contributed by atoms with Crippen LogP contribution in [0.4, 0.5) is 0 Å². The fourth-order valence-electron chi connectivity index (χ4n) is 3.64. The smallest absolute Gasteiger partial charge is 0.0685 e. The van der Waals surface area contributed by atoms with Gasteiger partial charge in [0.05, 0.1) is 5.60 Å². The minimum absolute atomic E-state index is 0.275. The Kier molecular flexibility index (Phi) is 5.19. The monoisotopic (exact) mass is 257 g/mol. The van der Waals surface area contributed by atoms with E-state index >= 15 is 0 Å². The van der Waals surface area contributed by atoms with Crippen molar-refractivity contribution in [3.63, 3.8) is 0 Å². The third-order valence-electron chi connectivity index (χ3n) is 4.62. The molecule has 100 valence electrons. The highest BCUT2D eigenvalue weighted by molar-refractivity contribution is 7.98. The van der Waals surface area contributed by atoms with E-state index in [1.54, 1.807) is 0 Å². The van der Waals surface area contributed by atoms with Gasteiger partial charge in [-0.15, -0.1) is 0 Å². The number of hydrogen-bond acceptors (Lipinski definition) is 3. The Balaban J connectivity index is 1.90. The van der Waals surface area contributed by atoms with Crippen LogP contribution in [0.1, 0.15) is 44.9 Å². The van der Waals surface area contributed by atoms with Crippen LogP contribution in [0, 0.1) is 5.92 Å². The van der Waals surface area contributed by atoms with Crippen molar-refractivity contribution in [2.45, 2.75) is 56.6 Å². The molecule has 0 aromatic carbocycles. The summed E-state index contributed by atoms with van der Waals surface area (Å²) < 4.78 is 6.12. The number of nitrogens with one attached hydrogen (secondary N) is 1. The SMILES string of the molecule is CNC(CCSC)C1CCOC2(CCCC2)C1. The van der Waals surface area contributed by atoms with Crippen molar-refractivity contribution < 1.29 is 4.74 Å². The summed E-state index contributed by atoms with van der Waals surface area (Å²) in [5.41, 5.74) is 0.275. The molecule has 17 heavy (non-hydrogen) atoms. The zero-order valence-electron chi connectivity index (χ0n) is 11.3. The van der Waals surface area contributed by atoms with E-state index in [1.807, 2.05) is 11.8 Å². The molecule has 2 nitrogen and oxygen atoms in total. The Hall–Kier alpha value is 0.270. The zero-order chi connectivity index (χ0) is 12.1. The van der Waals surface area contributed by atoms with Crippen LogP contribution in [0.5, 0.6) is 0 Å². The molecule has 1 heterocycles. The van der Waals surface area contributed by atoms with Gasteiger partial charge in [-0.2, -0.15) is 11.8 Å². The molecule has 0 radical (unpaired) electrons. The van der Waals surface area contributed by atoms with Gasteiger partial charge in [0, 0.05) is 12.6 Å². The molecule has 0 aromatic rings. The van der Waals surface area contributed by atoms with Crippen LogP contribution in [0.2, 0.25) is 0 Å². The van der Waals surface area contributed by atoms with Crippen LogP contribution >= 0.6 is 11.8 Å². The number of ether oxygens (including phenoxy) is 1. The maximum Gasteiger partial charge on any atom is 0.0685 e. The first-order chi connectivity index (χ1) is 8.29. The molecule has 0 bridgehead atoms. The lowest BCUT2D eigenvalue weighted by atomic mass is 9.80. The molecule has 2 aliphatic rings. The normalized spacial score (nSPS) is 29.6. The molecule has 1 N–H and O–H groups in total. The molecule has 1 spiro atoms. The molecule has 2 atom stereocenters. The van der Waals surface area contributed by atoms with E-state index in [1.165, 1.54) is 50.7 Å². The summed E-state index contributed by atoms with van der Waals surface area (Å²) in [5, 5.41) is 3.54. The van der Waals surface area contributed by atoms with Gasteiger partial charge in [-0.1, -0.05) is 12.8 Å². The fourth-order valence-corrected chi connectivity index (χ4v) is 4.13. The Morgan fingerprint density at radius 1 is 1.41 bits per heavy atom. The minimum atomic E-state index is 0.275. The van der Waals surface area contributed by atoms with Gasteiger partial charge in [-0.25, -0.2) is 0 Å². The maximum atomic E-state index is 6.12. The third-order valence-corrected chi connectivity index (χ3v) is 5.26. The molecule has 1 saturated heterocycles. The quantitative estimate of drug-likeness (QED) is 0.818. The molecule has 0 amide bonds. The first kappa shape index (κ1) is 13.7. The lowest BCUT2D eigenvalue weighted by Gasteiger charge is -2.41. The molecule has 1 saturated carbocycles. The van der Waals surface area contributed by atoms with Gasteiger partial charge in [0.1, 0.15) is 0 Å². The summed E-state index contributed by atoms with van der Waals surface area (Å²) >= 11 is 1.96. The summed E-state index contributed by atoms with van der Waals surface area (Å²) in [5.74, 6) is 2.11. The predicted molar refractivity (Wildman–Crippen MR) is 75.7 cm³/mol. The maximum absolute atomic E-state index is 6.12. The second-order valence-corrected chi connectivity index (χ2v) is 6.65. The topological polar surface area (TPSA) is 21.3 Å². The van der Waals surface area contributed by atoms with Crippen LogP contribution in [0.25, 0.3) is 0 Å². The summed E-state index contributed by atoms with van der Waals surface area (Å²) in [6.45, 7) is 0.988. The van der Waals surface area contributed by atoms with Crippen LogP contribution in [-0.2, 0) is 4.74 Å². The number of rotatable bonds is 5. The lowest BCUT2D eigenvalue weighted by molar-refractivity contribution is -0.0976. The Morgan fingerprint density at radius 2 is 2.18 bits per heavy atom. The van der Waals surface area contributed by atoms with Gasteiger partial charge < -0.3 is 10.1 Å². The third kappa shape index (κ3) is 3.39. The van der Waals surface area contributed by atoms with Crippen molar-refractivity contribution in [1.29, 1.82) is 0 Å². The van der Waals surface area contributed by atoms with Crippen LogP contribution < -0.4 is 5.32 Å². The number of hydrogen-bond donors (Lipinski definition) is 1. The molecular weight excluding hydrogens is 230 g/mol. The van der Waals surface area contributed by atoms with E-state index < -0.39 is 0 Å². The van der Waals surface area contributed by atoms with Crippen LogP contribution in [0.15, 0.2) is 0 Å². The highest BCUT2D eigenvalue weighted by Crippen LogP contribution is 2.43. The van der Waals surface area contributed by atoms with Crippen molar-refractivity contribution in [2.75, 3.05) is 25.7 Å². The average molecular weight is 257 g/mol. The number of thioether (sulfide) groups is 1. The Morgan fingerprint density at radius 3 is 2.82 bits per heavy atom. The summed E-state index contributed by atoms with van der Waals surface area (Å²) in [6.07, 6.45) is 11.4. The molecule has 3 heteroatoms. The van der Waals surface area contributed by atoms with E-state index in [2.05, 4.69) is 18.6 Å². The Bertz CT molecular complexity index is 228. The Labute approximate surface area is 110 Å².